The SMILES string of the molecule is CC(=O)c1cccc(NC(=O)CCN(CCc2cccc(Cl)c2)C(C)=O)c1. The Kier molecular flexibility index (Phi) is 7.55. The fourth-order valence-electron chi connectivity index (χ4n) is 2.66. The lowest BCUT2D eigenvalue weighted by Gasteiger charge is -2.21. The molecule has 0 fully saturated rings. The highest BCUT2D eigenvalue weighted by Gasteiger charge is 2.12. The number of benzene rings is 2. The van der Waals surface area contributed by atoms with Gasteiger partial charge in [-0.05, 0) is 43.2 Å². The number of ketones is 1. The van der Waals surface area contributed by atoms with Crippen LogP contribution >= 0.6 is 11.6 Å². The topological polar surface area (TPSA) is 66.5 Å². The van der Waals surface area contributed by atoms with Crippen LogP contribution in [0, 0.1) is 0 Å². The third kappa shape index (κ3) is 6.87. The van der Waals surface area contributed by atoms with Gasteiger partial charge in [0.25, 0.3) is 0 Å². The number of anilines is 1. The minimum atomic E-state index is -0.204. The third-order valence-electron chi connectivity index (χ3n) is 4.17. The number of nitrogens with zero attached hydrogens (tertiary/aromatic N) is 1. The van der Waals surface area contributed by atoms with Crippen LogP contribution in [-0.2, 0) is 16.0 Å². The Morgan fingerprint density at radius 3 is 2.41 bits per heavy atom. The number of hydrogen-bond donors (Lipinski definition) is 1. The Labute approximate surface area is 164 Å². The molecule has 0 atom stereocenters. The molecule has 0 aromatic heterocycles. The molecule has 0 aliphatic carbocycles. The number of Topliss-reactive ketones (excluding diaryl/α,β-unsaturated/α-hetero) is 1. The second kappa shape index (κ2) is 9.88. The van der Waals surface area contributed by atoms with Gasteiger partial charge < -0.3 is 10.2 Å². The summed E-state index contributed by atoms with van der Waals surface area (Å²) in [6.07, 6.45) is 0.849. The summed E-state index contributed by atoms with van der Waals surface area (Å²) in [5, 5.41) is 3.43. The average molecular weight is 387 g/mol. The molecular weight excluding hydrogens is 364 g/mol. The molecule has 0 heterocycles. The van der Waals surface area contributed by atoms with Gasteiger partial charge in [-0.15, -0.1) is 0 Å². The maximum Gasteiger partial charge on any atom is 0.226 e. The van der Waals surface area contributed by atoms with Crippen molar-refractivity contribution in [1.82, 2.24) is 4.90 Å². The largest absolute Gasteiger partial charge is 0.342 e. The van der Waals surface area contributed by atoms with Crippen molar-refractivity contribution in [3.05, 3.63) is 64.7 Å². The van der Waals surface area contributed by atoms with E-state index in [-0.39, 0.29) is 24.0 Å². The maximum atomic E-state index is 12.2. The number of carbonyl (C=O) groups is 3. The zero-order valence-electron chi connectivity index (χ0n) is 15.5. The van der Waals surface area contributed by atoms with E-state index in [0.717, 1.165) is 5.56 Å². The number of carbonyl (C=O) groups excluding carboxylic acids is 3. The van der Waals surface area contributed by atoms with Crippen molar-refractivity contribution in [3.63, 3.8) is 0 Å². The van der Waals surface area contributed by atoms with Gasteiger partial charge in [-0.2, -0.15) is 0 Å². The molecule has 142 valence electrons. The van der Waals surface area contributed by atoms with E-state index in [0.29, 0.717) is 35.8 Å². The molecule has 0 saturated heterocycles. The predicted molar refractivity (Wildman–Crippen MR) is 107 cm³/mol. The van der Waals surface area contributed by atoms with Crippen LogP contribution in [0.3, 0.4) is 0 Å². The zero-order valence-corrected chi connectivity index (χ0v) is 16.3. The average Bonchev–Trinajstić information content (AvgIpc) is 2.61. The molecule has 0 saturated carbocycles. The molecule has 0 aliphatic heterocycles. The van der Waals surface area contributed by atoms with Gasteiger partial charge in [0.05, 0.1) is 0 Å². The van der Waals surface area contributed by atoms with Crippen LogP contribution in [0.15, 0.2) is 48.5 Å². The summed E-state index contributed by atoms with van der Waals surface area (Å²) < 4.78 is 0. The number of halogens is 1. The normalized spacial score (nSPS) is 10.3. The fourth-order valence-corrected chi connectivity index (χ4v) is 2.87. The Morgan fingerprint density at radius 1 is 1.00 bits per heavy atom. The summed E-state index contributed by atoms with van der Waals surface area (Å²) in [4.78, 5) is 37.1. The standard InChI is InChI=1S/C21H23ClN2O3/c1-15(25)18-6-4-8-20(14-18)23-21(27)10-12-24(16(2)26)11-9-17-5-3-7-19(22)13-17/h3-8,13-14H,9-12H2,1-2H3,(H,23,27). The zero-order chi connectivity index (χ0) is 19.8. The van der Waals surface area contributed by atoms with Gasteiger partial charge in [0.1, 0.15) is 0 Å². The van der Waals surface area contributed by atoms with E-state index in [9.17, 15) is 14.4 Å². The molecule has 0 spiro atoms. The van der Waals surface area contributed by atoms with E-state index in [4.69, 9.17) is 11.6 Å². The van der Waals surface area contributed by atoms with Gasteiger partial charge in [0.2, 0.25) is 11.8 Å². The second-order valence-electron chi connectivity index (χ2n) is 6.32. The first-order valence-electron chi connectivity index (χ1n) is 8.76. The smallest absolute Gasteiger partial charge is 0.226 e. The highest BCUT2D eigenvalue weighted by Crippen LogP contribution is 2.13. The molecule has 2 amide bonds. The van der Waals surface area contributed by atoms with Gasteiger partial charge in [0, 0.05) is 42.7 Å². The molecule has 0 radical (unpaired) electrons. The van der Waals surface area contributed by atoms with E-state index in [1.807, 2.05) is 18.2 Å². The molecule has 0 unspecified atom stereocenters. The lowest BCUT2D eigenvalue weighted by Crippen LogP contribution is -2.33. The molecule has 6 heteroatoms. The van der Waals surface area contributed by atoms with Crippen LogP contribution in [0.5, 0.6) is 0 Å². The van der Waals surface area contributed by atoms with Crippen molar-refractivity contribution in [1.29, 1.82) is 0 Å². The molecule has 2 rings (SSSR count). The van der Waals surface area contributed by atoms with Gasteiger partial charge in [-0.1, -0.05) is 35.9 Å². The van der Waals surface area contributed by atoms with E-state index in [2.05, 4.69) is 5.32 Å². The first kappa shape index (κ1) is 20.6. The first-order valence-corrected chi connectivity index (χ1v) is 9.14. The fraction of sp³-hybridized carbons (Fsp3) is 0.286. The van der Waals surface area contributed by atoms with Crippen LogP contribution in [0.25, 0.3) is 0 Å². The number of rotatable bonds is 8. The van der Waals surface area contributed by atoms with Crippen molar-refractivity contribution in [2.45, 2.75) is 26.7 Å². The molecular formula is C21H23ClN2O3. The summed E-state index contributed by atoms with van der Waals surface area (Å²) in [7, 11) is 0. The lowest BCUT2D eigenvalue weighted by atomic mass is 10.1. The summed E-state index contributed by atoms with van der Waals surface area (Å²) in [6, 6.07) is 14.3. The quantitative estimate of drug-likeness (QED) is 0.698. The number of nitrogens with one attached hydrogen (secondary N) is 1. The van der Waals surface area contributed by atoms with Crippen molar-refractivity contribution < 1.29 is 14.4 Å². The minimum Gasteiger partial charge on any atom is -0.342 e. The molecule has 2 aromatic carbocycles. The Morgan fingerprint density at radius 2 is 1.74 bits per heavy atom. The Hall–Kier alpha value is -2.66. The number of hydrogen-bond acceptors (Lipinski definition) is 3. The Balaban J connectivity index is 1.87. The highest BCUT2D eigenvalue weighted by atomic mass is 35.5. The minimum absolute atomic E-state index is 0.0603. The van der Waals surface area contributed by atoms with Crippen LogP contribution in [0.4, 0.5) is 5.69 Å². The second-order valence-corrected chi connectivity index (χ2v) is 6.76. The molecule has 0 aliphatic rings. The lowest BCUT2D eigenvalue weighted by molar-refractivity contribution is -0.129. The predicted octanol–water partition coefficient (Wildman–Crippen LogP) is 3.96. The maximum absolute atomic E-state index is 12.2. The molecule has 5 nitrogen and oxygen atoms in total. The van der Waals surface area contributed by atoms with E-state index < -0.39 is 0 Å². The van der Waals surface area contributed by atoms with Crippen LogP contribution in [0.2, 0.25) is 5.02 Å². The first-order chi connectivity index (χ1) is 12.8. The molecule has 27 heavy (non-hydrogen) atoms. The van der Waals surface area contributed by atoms with Crippen molar-refractivity contribution in [3.8, 4) is 0 Å². The highest BCUT2D eigenvalue weighted by molar-refractivity contribution is 6.30. The molecule has 2 aromatic rings. The van der Waals surface area contributed by atoms with Gasteiger partial charge in [-0.3, -0.25) is 14.4 Å². The van der Waals surface area contributed by atoms with Gasteiger partial charge in [0.15, 0.2) is 5.78 Å². The van der Waals surface area contributed by atoms with Crippen LogP contribution in [-0.4, -0.2) is 35.6 Å². The summed E-state index contributed by atoms with van der Waals surface area (Å²) in [5.74, 6) is -0.344. The third-order valence-corrected chi connectivity index (χ3v) is 4.40. The van der Waals surface area contributed by atoms with E-state index in [1.54, 1.807) is 35.2 Å². The van der Waals surface area contributed by atoms with E-state index >= 15 is 0 Å². The number of amides is 2. The van der Waals surface area contributed by atoms with Crippen molar-refractivity contribution in [2.75, 3.05) is 18.4 Å². The van der Waals surface area contributed by atoms with Crippen LogP contribution in [0.1, 0.15) is 36.2 Å². The summed E-state index contributed by atoms with van der Waals surface area (Å²) >= 11 is 5.98. The molecule has 0 bridgehead atoms. The van der Waals surface area contributed by atoms with Crippen LogP contribution < -0.4 is 5.32 Å². The monoisotopic (exact) mass is 386 g/mol. The Bertz CT molecular complexity index is 836. The van der Waals surface area contributed by atoms with E-state index in [1.165, 1.54) is 13.8 Å². The summed E-state index contributed by atoms with van der Waals surface area (Å²) in [5.41, 5.74) is 2.15. The van der Waals surface area contributed by atoms with Crippen molar-refractivity contribution >= 4 is 34.9 Å². The van der Waals surface area contributed by atoms with Crippen molar-refractivity contribution in [2.24, 2.45) is 0 Å². The summed E-state index contributed by atoms with van der Waals surface area (Å²) in [6.45, 7) is 3.81. The van der Waals surface area contributed by atoms with Gasteiger partial charge in [-0.25, -0.2) is 0 Å². The van der Waals surface area contributed by atoms with Gasteiger partial charge >= 0.3 is 0 Å². The molecule has 1 N–H and O–H groups in total.